The number of hydrogen-bond donors (Lipinski definition) is 2. The summed E-state index contributed by atoms with van der Waals surface area (Å²) in [6, 6.07) is 16.3. The molecular formula is C19H19BO4. The van der Waals surface area contributed by atoms with Crippen molar-refractivity contribution in [2.45, 2.75) is 12.5 Å². The average molecular weight is 322 g/mol. The highest BCUT2D eigenvalue weighted by Gasteiger charge is 2.30. The van der Waals surface area contributed by atoms with Crippen LogP contribution >= 0.6 is 0 Å². The monoisotopic (exact) mass is 322 g/mol. The first-order valence-electron chi connectivity index (χ1n) is 7.82. The van der Waals surface area contributed by atoms with E-state index in [9.17, 15) is 10.1 Å². The molecule has 1 heterocycles. The maximum atomic E-state index is 10.3. The van der Waals surface area contributed by atoms with Crippen LogP contribution in [0.5, 0.6) is 11.5 Å². The number of benzene rings is 2. The lowest BCUT2D eigenvalue weighted by Gasteiger charge is -2.26. The molecule has 2 aromatic carbocycles. The highest BCUT2D eigenvalue weighted by Crippen LogP contribution is 2.32. The van der Waals surface area contributed by atoms with Crippen LogP contribution in [-0.4, -0.2) is 23.9 Å². The van der Waals surface area contributed by atoms with E-state index in [2.05, 4.69) is 6.58 Å². The second-order valence-corrected chi connectivity index (χ2v) is 5.67. The molecule has 1 unspecified atom stereocenters. The van der Waals surface area contributed by atoms with E-state index in [-0.39, 0.29) is 18.5 Å². The zero-order chi connectivity index (χ0) is 16.9. The fourth-order valence-corrected chi connectivity index (χ4v) is 2.65. The van der Waals surface area contributed by atoms with E-state index in [4.69, 9.17) is 9.39 Å². The van der Waals surface area contributed by atoms with Crippen molar-refractivity contribution in [3.05, 3.63) is 83.9 Å². The number of phenolic OH excluding ortho intramolecular Hbond substituents is 1. The quantitative estimate of drug-likeness (QED) is 0.828. The Labute approximate surface area is 141 Å². The SMILES string of the molecule is C=C(COc1ccccc1)C1=CCC(c2cccc(O)c2)OB1O. The van der Waals surface area contributed by atoms with E-state index in [1.165, 1.54) is 0 Å². The molecule has 0 radical (unpaired) electrons. The molecule has 0 saturated heterocycles. The van der Waals surface area contributed by atoms with E-state index < -0.39 is 7.12 Å². The van der Waals surface area contributed by atoms with Crippen LogP contribution in [0.3, 0.4) is 0 Å². The normalized spacial score (nSPS) is 17.3. The minimum Gasteiger partial charge on any atom is -0.508 e. The smallest absolute Gasteiger partial charge is 0.491 e. The molecule has 1 aliphatic rings. The number of ether oxygens (including phenoxy) is 1. The lowest BCUT2D eigenvalue weighted by atomic mass is 9.71. The van der Waals surface area contributed by atoms with Crippen LogP contribution in [0.2, 0.25) is 0 Å². The summed E-state index contributed by atoms with van der Waals surface area (Å²) in [6.07, 6.45) is 2.22. The minimum absolute atomic E-state index is 0.182. The zero-order valence-corrected chi connectivity index (χ0v) is 13.3. The summed E-state index contributed by atoms with van der Waals surface area (Å²) in [5.74, 6) is 0.934. The maximum Gasteiger partial charge on any atom is 0.491 e. The van der Waals surface area contributed by atoms with Crippen molar-refractivity contribution in [1.29, 1.82) is 0 Å². The molecule has 0 spiro atoms. The third kappa shape index (κ3) is 3.88. The topological polar surface area (TPSA) is 58.9 Å². The number of phenols is 1. The van der Waals surface area contributed by atoms with Gasteiger partial charge in [-0.1, -0.05) is 43.0 Å². The van der Waals surface area contributed by atoms with Crippen molar-refractivity contribution in [2.24, 2.45) is 0 Å². The van der Waals surface area contributed by atoms with Gasteiger partial charge in [0, 0.05) is 0 Å². The lowest BCUT2D eigenvalue weighted by Crippen LogP contribution is -2.29. The van der Waals surface area contributed by atoms with E-state index in [0.717, 1.165) is 11.3 Å². The molecule has 5 heteroatoms. The molecule has 0 saturated carbocycles. The Hall–Kier alpha value is -2.50. The van der Waals surface area contributed by atoms with Gasteiger partial charge in [0.15, 0.2) is 0 Å². The Morgan fingerprint density at radius 3 is 2.71 bits per heavy atom. The van der Waals surface area contributed by atoms with Crippen LogP contribution in [0.15, 0.2) is 78.3 Å². The van der Waals surface area contributed by atoms with E-state index in [0.29, 0.717) is 17.5 Å². The predicted molar refractivity (Wildman–Crippen MR) is 93.7 cm³/mol. The van der Waals surface area contributed by atoms with Crippen molar-refractivity contribution in [1.82, 2.24) is 0 Å². The van der Waals surface area contributed by atoms with Crippen LogP contribution < -0.4 is 4.74 Å². The maximum absolute atomic E-state index is 10.3. The molecule has 0 aliphatic carbocycles. The third-order valence-electron chi connectivity index (χ3n) is 3.92. The van der Waals surface area contributed by atoms with Gasteiger partial charge in [-0.05, 0) is 47.3 Å². The summed E-state index contributed by atoms with van der Waals surface area (Å²) in [6.45, 7) is 4.27. The molecule has 1 aliphatic heterocycles. The van der Waals surface area contributed by atoms with Crippen LogP contribution in [-0.2, 0) is 4.65 Å². The summed E-state index contributed by atoms with van der Waals surface area (Å²) < 4.78 is 11.3. The van der Waals surface area contributed by atoms with Crippen molar-refractivity contribution in [3.63, 3.8) is 0 Å². The van der Waals surface area contributed by atoms with Crippen LogP contribution in [0, 0.1) is 0 Å². The van der Waals surface area contributed by atoms with Gasteiger partial charge in [0.25, 0.3) is 0 Å². The number of hydrogen-bond acceptors (Lipinski definition) is 4. The molecular weight excluding hydrogens is 303 g/mol. The molecule has 24 heavy (non-hydrogen) atoms. The molecule has 0 amide bonds. The Morgan fingerprint density at radius 1 is 1.21 bits per heavy atom. The fourth-order valence-electron chi connectivity index (χ4n) is 2.65. The first-order chi connectivity index (χ1) is 11.6. The summed E-state index contributed by atoms with van der Waals surface area (Å²) in [5, 5.41) is 19.8. The lowest BCUT2D eigenvalue weighted by molar-refractivity contribution is 0.167. The van der Waals surface area contributed by atoms with E-state index in [1.807, 2.05) is 42.5 Å². The fraction of sp³-hybridized carbons (Fsp3) is 0.158. The van der Waals surface area contributed by atoms with E-state index >= 15 is 0 Å². The van der Waals surface area contributed by atoms with Crippen LogP contribution in [0.1, 0.15) is 18.1 Å². The Balaban J connectivity index is 1.63. The molecule has 122 valence electrons. The van der Waals surface area contributed by atoms with Gasteiger partial charge in [-0.15, -0.1) is 0 Å². The van der Waals surface area contributed by atoms with Gasteiger partial charge in [0.05, 0.1) is 6.10 Å². The molecule has 1 atom stereocenters. The molecule has 2 N–H and O–H groups in total. The molecule has 3 rings (SSSR count). The molecule has 0 bridgehead atoms. The standard InChI is InChI=1S/C19H19BO4/c1-14(13-23-17-8-3-2-4-9-17)18-10-11-19(24-20(18)22)15-6-5-7-16(21)12-15/h2-10,12,19,21-22H,1,11,13H2. The van der Waals surface area contributed by atoms with Gasteiger partial charge >= 0.3 is 7.12 Å². The Kier molecular flexibility index (Phi) is 5.03. The number of aromatic hydroxyl groups is 1. The van der Waals surface area contributed by atoms with Crippen molar-refractivity contribution in [2.75, 3.05) is 6.61 Å². The molecule has 2 aromatic rings. The summed E-state index contributed by atoms with van der Waals surface area (Å²) in [7, 11) is -1.06. The first-order valence-corrected chi connectivity index (χ1v) is 7.82. The van der Waals surface area contributed by atoms with Gasteiger partial charge in [0.1, 0.15) is 18.1 Å². The number of rotatable bonds is 5. The Morgan fingerprint density at radius 2 is 2.00 bits per heavy atom. The summed E-state index contributed by atoms with van der Waals surface area (Å²) >= 11 is 0. The molecule has 0 fully saturated rings. The highest BCUT2D eigenvalue weighted by molar-refractivity contribution is 6.54. The first kappa shape index (κ1) is 16.4. The minimum atomic E-state index is -1.06. The summed E-state index contributed by atoms with van der Waals surface area (Å²) in [5.41, 5.74) is 2.15. The van der Waals surface area contributed by atoms with Gasteiger partial charge in [-0.25, -0.2) is 0 Å². The van der Waals surface area contributed by atoms with Crippen LogP contribution in [0.25, 0.3) is 0 Å². The largest absolute Gasteiger partial charge is 0.508 e. The predicted octanol–water partition coefficient (Wildman–Crippen LogP) is 3.43. The third-order valence-corrected chi connectivity index (χ3v) is 3.92. The van der Waals surface area contributed by atoms with Gasteiger partial charge < -0.3 is 19.5 Å². The van der Waals surface area contributed by atoms with Crippen molar-refractivity contribution >= 4 is 7.12 Å². The van der Waals surface area contributed by atoms with Gasteiger partial charge in [0.2, 0.25) is 0 Å². The molecule has 4 nitrogen and oxygen atoms in total. The number of para-hydroxylation sites is 1. The Bertz CT molecular complexity index is 742. The van der Waals surface area contributed by atoms with Gasteiger partial charge in [-0.3, -0.25) is 0 Å². The molecule has 0 aromatic heterocycles. The summed E-state index contributed by atoms with van der Waals surface area (Å²) in [4.78, 5) is 0. The highest BCUT2D eigenvalue weighted by atomic mass is 16.5. The van der Waals surface area contributed by atoms with Gasteiger partial charge in [-0.2, -0.15) is 0 Å². The van der Waals surface area contributed by atoms with Crippen molar-refractivity contribution in [3.8, 4) is 11.5 Å². The second-order valence-electron chi connectivity index (χ2n) is 5.67. The van der Waals surface area contributed by atoms with Crippen molar-refractivity contribution < 1.29 is 19.5 Å². The second kappa shape index (κ2) is 7.38. The zero-order valence-electron chi connectivity index (χ0n) is 13.3. The average Bonchev–Trinajstić information content (AvgIpc) is 2.60. The van der Waals surface area contributed by atoms with Crippen LogP contribution in [0.4, 0.5) is 0 Å². The van der Waals surface area contributed by atoms with E-state index in [1.54, 1.807) is 18.2 Å².